The van der Waals surface area contributed by atoms with Crippen molar-refractivity contribution in [2.24, 2.45) is 0 Å². The third kappa shape index (κ3) is 4.18. The second-order valence-corrected chi connectivity index (χ2v) is 17.4. The molecule has 0 unspecified atom stereocenters. The third-order valence-electron chi connectivity index (χ3n) is 11.8. The lowest BCUT2D eigenvalue weighted by Crippen LogP contribution is -2.26. The van der Waals surface area contributed by atoms with Gasteiger partial charge in [0, 0.05) is 27.3 Å². The highest BCUT2D eigenvalue weighted by molar-refractivity contribution is 6.67. The first-order valence-corrected chi connectivity index (χ1v) is 19.3. The normalized spacial score (nSPS) is 15.0. The van der Waals surface area contributed by atoms with Crippen molar-refractivity contribution in [3.8, 4) is 39.1 Å². The smallest absolute Gasteiger partial charge is 0.0875 e. The van der Waals surface area contributed by atoms with Crippen LogP contribution in [0.4, 0.5) is 0 Å². The molecule has 0 atom stereocenters. The highest BCUT2D eigenvalue weighted by atomic mass is 28.2. The molecule has 0 saturated carbocycles. The quantitative estimate of drug-likeness (QED) is 0.166. The first-order chi connectivity index (χ1) is 24.3. The molecule has 0 spiro atoms. The number of hydrogen-bond acceptors (Lipinski definition) is 0. The van der Waals surface area contributed by atoms with Crippen LogP contribution in [0.2, 0.25) is 0 Å². The minimum Gasteiger partial charge on any atom is -0.309 e. The van der Waals surface area contributed by atoms with Crippen molar-refractivity contribution in [2.75, 3.05) is 0 Å². The summed E-state index contributed by atoms with van der Waals surface area (Å²) in [4.78, 5) is 0. The van der Waals surface area contributed by atoms with Crippen molar-refractivity contribution in [3.05, 3.63) is 174 Å². The van der Waals surface area contributed by atoms with Crippen LogP contribution in [0.5, 0.6) is 0 Å². The zero-order valence-electron chi connectivity index (χ0n) is 29.1. The van der Waals surface area contributed by atoms with E-state index in [2.05, 4.69) is 184 Å². The van der Waals surface area contributed by atoms with E-state index in [0.717, 1.165) is 0 Å². The molecule has 0 N–H and O–H groups in total. The average molecular weight is 658 g/mol. The lowest BCUT2D eigenvalue weighted by molar-refractivity contribution is 0.660. The molecule has 0 bridgehead atoms. The fourth-order valence-electron chi connectivity index (χ4n) is 9.13. The summed E-state index contributed by atoms with van der Waals surface area (Å²) in [6.45, 7) is 9.53. The van der Waals surface area contributed by atoms with Crippen molar-refractivity contribution in [3.63, 3.8) is 0 Å². The Morgan fingerprint density at radius 3 is 1.36 bits per heavy atom. The Labute approximate surface area is 296 Å². The fraction of sp³-hybridized carbons (Fsp3) is 0.125. The Bertz CT molecular complexity index is 2520. The van der Waals surface area contributed by atoms with Gasteiger partial charge < -0.3 is 4.57 Å². The van der Waals surface area contributed by atoms with Crippen LogP contribution in [0.1, 0.15) is 49.9 Å². The summed E-state index contributed by atoms with van der Waals surface area (Å²) < 4.78 is 2.53. The maximum atomic E-state index is 2.53. The SMILES string of the molecule is CC1(C)c2ccccc2-c2cc3c4cc5c(cc4n(-c4ccc(-c6ccc([SiH2]c7ccccc7)cc6)cc4)c3cc21)C(C)(C)c1ccccc1-5. The number of hydrogen-bond donors (Lipinski definition) is 0. The van der Waals surface area contributed by atoms with E-state index in [1.54, 1.807) is 0 Å². The molecule has 1 nitrogen and oxygen atoms in total. The summed E-state index contributed by atoms with van der Waals surface area (Å²) in [6, 6.07) is 57.4. The maximum absolute atomic E-state index is 2.53. The molecule has 10 rings (SSSR count). The van der Waals surface area contributed by atoms with Crippen LogP contribution in [-0.4, -0.2) is 14.1 Å². The zero-order chi connectivity index (χ0) is 33.8. The summed E-state index contributed by atoms with van der Waals surface area (Å²) in [7, 11) is -0.467. The molecule has 2 aliphatic rings. The van der Waals surface area contributed by atoms with Crippen molar-refractivity contribution in [2.45, 2.75) is 38.5 Å². The highest BCUT2D eigenvalue weighted by Gasteiger charge is 2.38. The molecule has 0 aliphatic heterocycles. The molecule has 0 saturated heterocycles. The summed E-state index contributed by atoms with van der Waals surface area (Å²) in [5, 5.41) is 5.58. The van der Waals surface area contributed by atoms with Crippen molar-refractivity contribution < 1.29 is 0 Å². The Balaban J connectivity index is 1.15. The third-order valence-corrected chi connectivity index (χ3v) is 13.6. The Morgan fingerprint density at radius 1 is 0.400 bits per heavy atom. The standard InChI is InChI=1S/C48H39NSi/c1-47(2)41-16-10-8-14-35(41)37-26-39-40-27-38-36-15-9-11-17-42(36)48(3,4)44(38)29-46(40)49(45(39)28-43(37)47)32-22-18-30(19-23-32)31-20-24-34(25-21-31)50-33-12-6-5-7-13-33/h5-29H,50H2,1-4H3. The number of fused-ring (bicyclic) bond motifs is 9. The minimum absolute atomic E-state index is 0.0660. The van der Waals surface area contributed by atoms with Crippen LogP contribution in [0.3, 0.4) is 0 Å². The van der Waals surface area contributed by atoms with Gasteiger partial charge in [0.25, 0.3) is 0 Å². The van der Waals surface area contributed by atoms with Gasteiger partial charge >= 0.3 is 0 Å². The van der Waals surface area contributed by atoms with Gasteiger partial charge in [0.1, 0.15) is 0 Å². The summed E-state index contributed by atoms with van der Waals surface area (Å²) in [6.07, 6.45) is 0. The molecule has 0 radical (unpaired) electrons. The van der Waals surface area contributed by atoms with E-state index in [-0.39, 0.29) is 10.8 Å². The summed E-state index contributed by atoms with van der Waals surface area (Å²) >= 11 is 0. The molecule has 0 amide bonds. The van der Waals surface area contributed by atoms with E-state index in [4.69, 9.17) is 0 Å². The number of aromatic nitrogens is 1. The largest absolute Gasteiger partial charge is 0.309 e. The van der Waals surface area contributed by atoms with Crippen molar-refractivity contribution >= 4 is 41.7 Å². The molecule has 7 aromatic carbocycles. The molecule has 8 aromatic rings. The van der Waals surface area contributed by atoms with Crippen molar-refractivity contribution in [1.82, 2.24) is 4.57 Å². The second kappa shape index (κ2) is 10.5. The Hall–Kier alpha value is -5.44. The minimum atomic E-state index is -0.467. The van der Waals surface area contributed by atoms with Crippen LogP contribution < -0.4 is 10.4 Å². The summed E-state index contributed by atoms with van der Waals surface area (Å²) in [5.74, 6) is 0. The van der Waals surface area contributed by atoms with Gasteiger partial charge in [-0.3, -0.25) is 0 Å². The predicted octanol–water partition coefficient (Wildman–Crippen LogP) is 10.2. The van der Waals surface area contributed by atoms with Crippen molar-refractivity contribution in [1.29, 1.82) is 0 Å². The van der Waals surface area contributed by atoms with E-state index in [1.807, 2.05) is 0 Å². The van der Waals surface area contributed by atoms with Crippen LogP contribution >= 0.6 is 0 Å². The van der Waals surface area contributed by atoms with Crippen LogP contribution in [-0.2, 0) is 10.8 Å². The highest BCUT2D eigenvalue weighted by Crippen LogP contribution is 2.53. The lowest BCUT2D eigenvalue weighted by atomic mass is 9.82. The van der Waals surface area contributed by atoms with E-state index in [0.29, 0.717) is 0 Å². The molecule has 1 heterocycles. The van der Waals surface area contributed by atoms with Crippen LogP contribution in [0, 0.1) is 0 Å². The lowest BCUT2D eigenvalue weighted by Gasteiger charge is -2.22. The molecule has 0 fully saturated rings. The Morgan fingerprint density at radius 2 is 0.840 bits per heavy atom. The molecule has 1 aromatic heterocycles. The first-order valence-electron chi connectivity index (χ1n) is 17.9. The van der Waals surface area contributed by atoms with Gasteiger partial charge in [-0.05, 0) is 92.0 Å². The molecular formula is C48H39NSi. The second-order valence-electron chi connectivity index (χ2n) is 15.4. The van der Waals surface area contributed by atoms with E-state index < -0.39 is 9.52 Å². The van der Waals surface area contributed by atoms with Gasteiger partial charge in [0.2, 0.25) is 0 Å². The maximum Gasteiger partial charge on any atom is 0.0875 e. The van der Waals surface area contributed by atoms with Gasteiger partial charge in [-0.2, -0.15) is 0 Å². The molecular weight excluding hydrogens is 619 g/mol. The number of benzene rings is 7. The average Bonchev–Trinajstić information content (AvgIpc) is 3.67. The van der Waals surface area contributed by atoms with E-state index in [9.17, 15) is 0 Å². The van der Waals surface area contributed by atoms with Gasteiger partial charge in [-0.1, -0.05) is 153 Å². The zero-order valence-corrected chi connectivity index (χ0v) is 30.5. The van der Waals surface area contributed by atoms with Gasteiger partial charge in [0.05, 0.1) is 20.6 Å². The van der Waals surface area contributed by atoms with Gasteiger partial charge in [-0.25, -0.2) is 0 Å². The molecule has 50 heavy (non-hydrogen) atoms. The summed E-state index contributed by atoms with van der Waals surface area (Å²) in [5.41, 5.74) is 17.2. The molecule has 240 valence electrons. The Kier molecular flexibility index (Phi) is 6.21. The van der Waals surface area contributed by atoms with E-state index in [1.165, 1.54) is 93.5 Å². The first kappa shape index (κ1) is 29.5. The van der Waals surface area contributed by atoms with Crippen LogP contribution in [0.25, 0.3) is 60.9 Å². The molecule has 2 aliphatic carbocycles. The van der Waals surface area contributed by atoms with Crippen LogP contribution in [0.15, 0.2) is 152 Å². The van der Waals surface area contributed by atoms with Gasteiger partial charge in [0.15, 0.2) is 0 Å². The predicted molar refractivity (Wildman–Crippen MR) is 216 cm³/mol. The number of nitrogens with zero attached hydrogens (tertiary/aromatic N) is 1. The topological polar surface area (TPSA) is 4.93 Å². The van der Waals surface area contributed by atoms with E-state index >= 15 is 0 Å². The number of rotatable bonds is 4. The molecule has 2 heteroatoms. The fourth-order valence-corrected chi connectivity index (χ4v) is 10.6. The monoisotopic (exact) mass is 657 g/mol. The van der Waals surface area contributed by atoms with Gasteiger partial charge in [-0.15, -0.1) is 0 Å².